The zero-order valence-electron chi connectivity index (χ0n) is 8.73. The highest BCUT2D eigenvalue weighted by atomic mass is 14.3. The lowest BCUT2D eigenvalue weighted by molar-refractivity contribution is 1.42. The summed E-state index contributed by atoms with van der Waals surface area (Å²) in [6.45, 7) is 1.59. The van der Waals surface area contributed by atoms with E-state index >= 15 is 0 Å². The molecule has 0 aromatic heterocycles. The maximum Gasteiger partial charge on any atom is 0.106 e. The molecule has 0 aliphatic heterocycles. The van der Waals surface area contributed by atoms with Crippen LogP contribution in [0.5, 0.6) is 0 Å². The molecule has 16 heavy (non-hydrogen) atoms. The molecule has 0 bridgehead atoms. The Labute approximate surface area is 94.1 Å². The van der Waals surface area contributed by atoms with E-state index in [-0.39, 0.29) is 5.57 Å². The number of nitrogens with zero attached hydrogens (tertiary/aromatic N) is 3. The van der Waals surface area contributed by atoms with Gasteiger partial charge in [-0.3, -0.25) is 0 Å². The zero-order chi connectivity index (χ0) is 12.0. The van der Waals surface area contributed by atoms with Crippen molar-refractivity contribution in [2.24, 2.45) is 0 Å². The molecule has 0 heterocycles. The molecule has 3 heteroatoms. The van der Waals surface area contributed by atoms with E-state index in [1.165, 1.54) is 0 Å². The van der Waals surface area contributed by atoms with Crippen LogP contribution in [-0.4, -0.2) is 5.87 Å². The van der Waals surface area contributed by atoms with Gasteiger partial charge in [-0.25, -0.2) is 5.87 Å². The molecule has 0 atom stereocenters. The highest BCUT2D eigenvalue weighted by molar-refractivity contribution is 5.95. The smallest absolute Gasteiger partial charge is 0.106 e. The first-order valence-corrected chi connectivity index (χ1v) is 4.58. The van der Waals surface area contributed by atoms with Crippen LogP contribution in [0.4, 0.5) is 0 Å². The number of hydrogen-bond acceptors (Lipinski definition) is 2. The second kappa shape index (κ2) is 5.32. The van der Waals surface area contributed by atoms with Crippen molar-refractivity contribution in [3.63, 3.8) is 0 Å². The average Bonchev–Trinajstić information content (AvgIpc) is 2.36. The van der Waals surface area contributed by atoms with E-state index in [9.17, 15) is 0 Å². The van der Waals surface area contributed by atoms with Crippen LogP contribution in [0.3, 0.4) is 0 Å². The van der Waals surface area contributed by atoms with Gasteiger partial charge in [-0.15, -0.1) is 0 Å². The summed E-state index contributed by atoms with van der Waals surface area (Å²) in [6.07, 6.45) is 0. The summed E-state index contributed by atoms with van der Waals surface area (Å²) in [7, 11) is 0. The fraction of sp³-hybridized carbons (Fsp3) is 0.0769. The van der Waals surface area contributed by atoms with E-state index in [0.717, 1.165) is 0 Å². The SMILES string of the molecule is C/C(C#N)=C(\C(=C=[N-])C#N)c1ccccc1. The van der Waals surface area contributed by atoms with Gasteiger partial charge in [-0.2, -0.15) is 10.5 Å². The molecule has 0 aliphatic carbocycles. The van der Waals surface area contributed by atoms with Crippen LogP contribution in [0.2, 0.25) is 0 Å². The van der Waals surface area contributed by atoms with Gasteiger partial charge in [0, 0.05) is 11.1 Å². The Hall–Kier alpha value is -2.61. The van der Waals surface area contributed by atoms with Crippen LogP contribution >= 0.6 is 0 Å². The Morgan fingerprint density at radius 3 is 2.19 bits per heavy atom. The lowest BCUT2D eigenvalue weighted by Gasteiger charge is -2.06. The minimum absolute atomic E-state index is 0.0368. The van der Waals surface area contributed by atoms with E-state index < -0.39 is 0 Å². The summed E-state index contributed by atoms with van der Waals surface area (Å²) in [4.78, 5) is 0. The quantitative estimate of drug-likeness (QED) is 0.424. The van der Waals surface area contributed by atoms with Crippen LogP contribution in [0, 0.1) is 22.7 Å². The van der Waals surface area contributed by atoms with Crippen molar-refractivity contribution in [3.05, 3.63) is 52.5 Å². The molecular formula is C13H8N3-. The van der Waals surface area contributed by atoms with E-state index in [1.807, 2.05) is 24.1 Å². The van der Waals surface area contributed by atoms with Gasteiger partial charge in [0.05, 0.1) is 11.6 Å². The van der Waals surface area contributed by atoms with Crippen molar-refractivity contribution in [2.45, 2.75) is 6.92 Å². The van der Waals surface area contributed by atoms with E-state index in [1.54, 1.807) is 31.2 Å². The van der Waals surface area contributed by atoms with Crippen molar-refractivity contribution >= 4 is 11.4 Å². The third kappa shape index (κ3) is 2.25. The van der Waals surface area contributed by atoms with Gasteiger partial charge >= 0.3 is 0 Å². The summed E-state index contributed by atoms with van der Waals surface area (Å²) in [5.74, 6) is 1.81. The molecular weight excluding hydrogens is 198 g/mol. The number of allylic oxidation sites excluding steroid dienone is 3. The van der Waals surface area contributed by atoms with Gasteiger partial charge in [-0.05, 0) is 12.5 Å². The largest absolute Gasteiger partial charge is 0.762 e. The molecule has 76 valence electrons. The third-order valence-corrected chi connectivity index (χ3v) is 2.08. The fourth-order valence-electron chi connectivity index (χ4n) is 1.35. The molecule has 1 aromatic carbocycles. The van der Waals surface area contributed by atoms with Crippen molar-refractivity contribution in [1.82, 2.24) is 0 Å². The molecule has 1 rings (SSSR count). The van der Waals surface area contributed by atoms with Gasteiger partial charge in [-0.1, -0.05) is 30.3 Å². The standard InChI is InChI=1S/C13H8N3/c1-10(7-14)13(12(8-15)9-16)11-5-3-2-4-6-11/h2-6H,1H3/q-1/b13-10+. The minimum Gasteiger partial charge on any atom is -0.762 e. The van der Waals surface area contributed by atoms with E-state index in [0.29, 0.717) is 16.7 Å². The molecule has 0 N–H and O–H groups in total. The van der Waals surface area contributed by atoms with Gasteiger partial charge in [0.1, 0.15) is 6.07 Å². The zero-order valence-corrected chi connectivity index (χ0v) is 8.73. The van der Waals surface area contributed by atoms with Crippen molar-refractivity contribution in [3.8, 4) is 12.1 Å². The van der Waals surface area contributed by atoms with Crippen molar-refractivity contribution in [2.75, 3.05) is 0 Å². The summed E-state index contributed by atoms with van der Waals surface area (Å²) in [6, 6.07) is 12.7. The Bertz CT molecular complexity index is 547. The molecule has 0 amide bonds. The fourth-order valence-corrected chi connectivity index (χ4v) is 1.35. The first-order valence-electron chi connectivity index (χ1n) is 4.58. The molecule has 1 aromatic rings. The first-order chi connectivity index (χ1) is 7.74. The number of benzene rings is 1. The second-order valence-corrected chi connectivity index (χ2v) is 3.08. The topological polar surface area (TPSA) is 69.9 Å². The van der Waals surface area contributed by atoms with Crippen LogP contribution in [-0.2, 0) is 0 Å². The van der Waals surface area contributed by atoms with E-state index in [4.69, 9.17) is 15.9 Å². The molecule has 3 nitrogen and oxygen atoms in total. The van der Waals surface area contributed by atoms with Crippen molar-refractivity contribution < 1.29 is 0 Å². The van der Waals surface area contributed by atoms with Crippen LogP contribution in [0.1, 0.15) is 12.5 Å². The van der Waals surface area contributed by atoms with Gasteiger partial charge in [0.25, 0.3) is 0 Å². The summed E-state index contributed by atoms with van der Waals surface area (Å²) in [5.41, 5.74) is 1.45. The maximum atomic E-state index is 8.87. The third-order valence-electron chi connectivity index (χ3n) is 2.08. The Balaban J connectivity index is 3.50. The lowest BCUT2D eigenvalue weighted by atomic mass is 9.95. The second-order valence-electron chi connectivity index (χ2n) is 3.08. The number of rotatable bonds is 2. The Kier molecular flexibility index (Phi) is 3.81. The monoisotopic (exact) mass is 206 g/mol. The van der Waals surface area contributed by atoms with E-state index in [2.05, 4.69) is 0 Å². The number of nitriles is 2. The maximum absolute atomic E-state index is 8.87. The molecule has 0 saturated heterocycles. The highest BCUT2D eigenvalue weighted by Crippen LogP contribution is 2.24. The van der Waals surface area contributed by atoms with Crippen LogP contribution in [0.25, 0.3) is 11.0 Å². The van der Waals surface area contributed by atoms with Crippen LogP contribution < -0.4 is 0 Å². The molecule has 0 spiro atoms. The summed E-state index contributed by atoms with van der Waals surface area (Å²) in [5, 5.41) is 26.6. The molecule has 0 unspecified atom stereocenters. The van der Waals surface area contributed by atoms with Crippen LogP contribution in [0.15, 0.2) is 41.5 Å². The van der Waals surface area contributed by atoms with Gasteiger partial charge in [0.15, 0.2) is 0 Å². The predicted molar refractivity (Wildman–Crippen MR) is 62.1 cm³/mol. The number of hydrogen-bond donors (Lipinski definition) is 0. The molecule has 0 fully saturated rings. The average molecular weight is 206 g/mol. The minimum atomic E-state index is -0.0368. The van der Waals surface area contributed by atoms with Gasteiger partial charge < -0.3 is 5.41 Å². The summed E-state index contributed by atoms with van der Waals surface area (Å²) < 4.78 is 0. The Morgan fingerprint density at radius 1 is 1.12 bits per heavy atom. The molecule has 0 saturated carbocycles. The highest BCUT2D eigenvalue weighted by Gasteiger charge is 2.09. The summed E-state index contributed by atoms with van der Waals surface area (Å²) >= 11 is 0. The van der Waals surface area contributed by atoms with Gasteiger partial charge in [0.2, 0.25) is 0 Å². The lowest BCUT2D eigenvalue weighted by Crippen LogP contribution is -1.92. The predicted octanol–water partition coefficient (Wildman–Crippen LogP) is 2.67. The van der Waals surface area contributed by atoms with Crippen molar-refractivity contribution in [1.29, 1.82) is 10.5 Å². The Morgan fingerprint density at radius 2 is 1.75 bits per heavy atom. The normalized spacial score (nSPS) is 10.4. The molecule has 0 aliphatic rings. The first kappa shape index (κ1) is 11.5. The molecule has 0 radical (unpaired) electrons.